The Bertz CT molecular complexity index is 3000. The van der Waals surface area contributed by atoms with Gasteiger partial charge in [0.15, 0.2) is 17.5 Å². The van der Waals surface area contributed by atoms with Crippen LogP contribution in [-0.4, -0.2) is 118 Å². The first-order valence-electron chi connectivity index (χ1n) is 25.4. The number of halogens is 5. The lowest BCUT2D eigenvalue weighted by Crippen LogP contribution is -2.45. The predicted octanol–water partition coefficient (Wildman–Crippen LogP) is 7.55. The number of nitrogens with zero attached hydrogens (tertiary/aromatic N) is 8. The predicted molar refractivity (Wildman–Crippen MR) is 277 cm³/mol. The van der Waals surface area contributed by atoms with E-state index in [0.717, 1.165) is 33.2 Å². The maximum atomic E-state index is 13.4. The minimum absolute atomic E-state index is 0.000150. The largest absolute Gasteiger partial charge is 0.444 e. The number of nitrogen functional groups attached to an aromatic ring is 1. The lowest BCUT2D eigenvalue weighted by molar-refractivity contribution is -0.133. The van der Waals surface area contributed by atoms with Gasteiger partial charge in [0.1, 0.15) is 17.0 Å². The lowest BCUT2D eigenvalue weighted by atomic mass is 9.99. The van der Waals surface area contributed by atoms with E-state index in [9.17, 15) is 56.3 Å². The number of ether oxygens (including phenoxy) is 2. The second-order valence-electron chi connectivity index (χ2n) is 21.5. The van der Waals surface area contributed by atoms with Gasteiger partial charge >= 0.3 is 12.2 Å². The maximum Gasteiger partial charge on any atom is 0.410 e. The third-order valence-corrected chi connectivity index (χ3v) is 13.4. The molecule has 4 aromatic rings. The zero-order valence-corrected chi connectivity index (χ0v) is 47.1. The number of ketones is 1. The van der Waals surface area contributed by atoms with Crippen LogP contribution < -0.4 is 15.5 Å². The van der Waals surface area contributed by atoms with Gasteiger partial charge in [-0.3, -0.25) is 33.6 Å². The molecule has 434 valence electrons. The highest BCUT2D eigenvalue weighted by Gasteiger charge is 2.42. The minimum Gasteiger partial charge on any atom is -0.444 e. The number of amides is 7. The van der Waals surface area contributed by atoms with Gasteiger partial charge in [-0.2, -0.15) is 0 Å². The number of anilines is 3. The van der Waals surface area contributed by atoms with Crippen molar-refractivity contribution in [2.45, 2.75) is 175 Å². The molecule has 28 heteroatoms. The van der Waals surface area contributed by atoms with Gasteiger partial charge in [0.2, 0.25) is 52.4 Å². The topological polar surface area (TPSA) is 292 Å². The Labute approximate surface area is 467 Å². The number of rotatable bonds is 8. The van der Waals surface area contributed by atoms with E-state index in [-0.39, 0.29) is 129 Å². The second-order valence-corrected chi connectivity index (χ2v) is 22.2. The van der Waals surface area contributed by atoms with Gasteiger partial charge < -0.3 is 43.5 Å². The molecule has 0 bridgehead atoms. The summed E-state index contributed by atoms with van der Waals surface area (Å²) in [7, 11) is 0. The summed E-state index contributed by atoms with van der Waals surface area (Å²) >= 11 is 10.1. The van der Waals surface area contributed by atoms with Crippen molar-refractivity contribution in [3.63, 3.8) is 0 Å². The van der Waals surface area contributed by atoms with Crippen molar-refractivity contribution in [1.82, 2.24) is 30.2 Å². The van der Waals surface area contributed by atoms with Crippen LogP contribution in [0, 0.1) is 17.5 Å². The Morgan fingerprint density at radius 2 is 1.00 bits per heavy atom. The molecule has 8 heterocycles. The fourth-order valence-electron chi connectivity index (χ4n) is 8.85. The van der Waals surface area contributed by atoms with Crippen LogP contribution >= 0.6 is 23.2 Å². The number of imide groups is 2. The van der Waals surface area contributed by atoms with E-state index in [4.69, 9.17) is 52.0 Å². The molecule has 23 nitrogen and oxygen atoms in total. The van der Waals surface area contributed by atoms with Crippen molar-refractivity contribution in [3.05, 3.63) is 68.9 Å². The van der Waals surface area contributed by atoms with Gasteiger partial charge in [0, 0.05) is 75.9 Å². The smallest absolute Gasteiger partial charge is 0.410 e. The Hall–Kier alpha value is -7.35. The number of nitrogens with two attached hydrogens (primary N) is 1. The van der Waals surface area contributed by atoms with Crippen LogP contribution in [-0.2, 0) is 88.4 Å². The Balaban J connectivity index is 0.000000183. The normalized spacial score (nSPS) is 18.7. The third kappa shape index (κ3) is 15.1. The zero-order valence-electron chi connectivity index (χ0n) is 45.5. The van der Waals surface area contributed by atoms with Gasteiger partial charge in [-0.1, -0.05) is 15.5 Å². The highest BCUT2D eigenvalue weighted by Crippen LogP contribution is 2.37. The van der Waals surface area contributed by atoms with Crippen LogP contribution in [0.15, 0.2) is 25.7 Å². The van der Waals surface area contributed by atoms with Gasteiger partial charge in [-0.05, 0) is 91.6 Å². The fourth-order valence-corrected chi connectivity index (χ4v) is 9.08. The second kappa shape index (κ2) is 25.4. The maximum absolute atomic E-state index is 13.4. The molecule has 2 saturated heterocycles. The summed E-state index contributed by atoms with van der Waals surface area (Å²) in [5.74, 6) is -5.93. The number of benzene rings is 1. The number of Topliss-reactive ketones (excluding diaryl/α,β-unsaturated/α-hetero) is 1. The molecule has 5 aliphatic heterocycles. The summed E-state index contributed by atoms with van der Waals surface area (Å²) in [6.07, 6.45) is 1.07. The van der Waals surface area contributed by atoms with Gasteiger partial charge in [0.25, 0.3) is 0 Å². The monoisotopic (exact) mass is 1160 g/mol. The molecule has 0 spiro atoms. The SMILES string of the molecule is C[C@H]1Cc2noc(N)c2CN1C(=O)OC(C)(C)C.C[C@H]1Cc2noc(N3C(=O)CCC3=O)c2CN1C(=O)Cc1cc(F)c(F)c(F)c1.C[C@H]1Cc2noc(N3C(=O)CCC3=O)c2CN1C(=O)OC(C)(C)C.O=C(Cl)CCC(=O)CCl. The Morgan fingerprint density at radius 3 is 1.40 bits per heavy atom. The first-order valence-corrected chi connectivity index (χ1v) is 26.4. The molecule has 0 aliphatic carbocycles. The number of aromatic nitrogens is 3. The van der Waals surface area contributed by atoms with E-state index in [2.05, 4.69) is 15.5 Å². The number of hydrogen-bond acceptors (Lipinski definition) is 18. The standard InChI is InChI=1S/C19H16F3N3O4.C16H21N3O5.C12H19N3O3.C5H6Cl2O2/c1-9-4-14-11(19(29-23-14)25-15(26)2-3-16(25)27)8-24(9)17(28)7-10-5-12(20)18(22)13(21)6-10;1-9-7-11-10(8-18(9)15(22)23-16(2,3)4)14(24-17-11)19-12(20)5-6-13(19)21;1-7-5-9-8(10(13)18-14-9)6-15(7)11(16)17-12(2,3)4;6-3-4(8)1-2-5(7)9/h5-6,9H,2-4,7-8H2,1H3;9H,5-8H2,1-4H3;7H,5-6,13H2,1-4H3;1-3H2/t2*9-;7-;/m000./s1. The Kier molecular flexibility index (Phi) is 19.6. The van der Waals surface area contributed by atoms with Crippen molar-refractivity contribution in [1.29, 1.82) is 0 Å². The summed E-state index contributed by atoms with van der Waals surface area (Å²) in [5.41, 5.74) is 8.48. The fraction of sp³-hybridized carbons (Fsp3) is 0.538. The van der Waals surface area contributed by atoms with Crippen LogP contribution in [0.5, 0.6) is 0 Å². The summed E-state index contributed by atoms with van der Waals surface area (Å²) in [4.78, 5) is 112. The lowest BCUT2D eigenvalue weighted by Gasteiger charge is -2.34. The van der Waals surface area contributed by atoms with Gasteiger partial charge in [0.05, 0.1) is 65.7 Å². The third-order valence-electron chi connectivity index (χ3n) is 12.9. The molecule has 7 amide bonds. The van der Waals surface area contributed by atoms with E-state index in [0.29, 0.717) is 48.3 Å². The van der Waals surface area contributed by atoms with E-state index in [1.54, 1.807) is 37.5 Å². The van der Waals surface area contributed by atoms with E-state index >= 15 is 0 Å². The molecule has 1 aromatic carbocycles. The van der Waals surface area contributed by atoms with Crippen LogP contribution in [0.2, 0.25) is 0 Å². The van der Waals surface area contributed by atoms with Crippen molar-refractivity contribution in [2.24, 2.45) is 0 Å². The molecule has 3 atom stereocenters. The first kappa shape index (κ1) is 61.9. The van der Waals surface area contributed by atoms with E-state index in [1.165, 1.54) is 4.90 Å². The zero-order chi connectivity index (χ0) is 59.3. The number of hydrogen-bond donors (Lipinski definition) is 1. The molecular formula is C52H62Cl2F3N9O14. The number of carbonyl (C=O) groups is 9. The first-order chi connectivity index (χ1) is 37.4. The van der Waals surface area contributed by atoms with Gasteiger partial charge in [-0.25, -0.2) is 32.6 Å². The number of carbonyl (C=O) groups excluding carboxylic acids is 9. The van der Waals surface area contributed by atoms with Crippen molar-refractivity contribution < 1.29 is 79.4 Å². The van der Waals surface area contributed by atoms with Crippen molar-refractivity contribution in [3.8, 4) is 0 Å². The quantitative estimate of drug-likeness (QED) is 0.0770. The molecule has 0 saturated carbocycles. The summed E-state index contributed by atoms with van der Waals surface area (Å²) in [6, 6.07) is 1.17. The Morgan fingerprint density at radius 1 is 0.625 bits per heavy atom. The highest BCUT2D eigenvalue weighted by molar-refractivity contribution is 6.63. The molecule has 3 aromatic heterocycles. The van der Waals surface area contributed by atoms with Crippen LogP contribution in [0.4, 0.5) is 40.4 Å². The van der Waals surface area contributed by atoms with Crippen LogP contribution in [0.25, 0.3) is 0 Å². The van der Waals surface area contributed by atoms with Crippen molar-refractivity contribution in [2.75, 3.05) is 21.4 Å². The molecule has 2 fully saturated rings. The molecule has 80 heavy (non-hydrogen) atoms. The summed E-state index contributed by atoms with van der Waals surface area (Å²) in [6.45, 7) is 17.2. The average molecular weight is 1170 g/mol. The molecule has 0 unspecified atom stereocenters. The number of fused-ring (bicyclic) bond motifs is 3. The average Bonchev–Trinajstić information content (AvgIpc) is 4.27. The number of alkyl halides is 1. The molecule has 9 rings (SSSR count). The molecule has 0 radical (unpaired) electrons. The molecule has 5 aliphatic rings. The van der Waals surface area contributed by atoms with Gasteiger partial charge in [-0.15, -0.1) is 11.6 Å². The molecular weight excluding hydrogens is 1100 g/mol. The summed E-state index contributed by atoms with van der Waals surface area (Å²) in [5, 5.41) is 11.3. The minimum atomic E-state index is -1.59. The summed E-state index contributed by atoms with van der Waals surface area (Å²) < 4.78 is 66.3. The van der Waals surface area contributed by atoms with E-state index in [1.807, 2.05) is 34.6 Å². The molecule has 2 N–H and O–H groups in total. The van der Waals surface area contributed by atoms with Crippen LogP contribution in [0.1, 0.15) is 140 Å². The highest BCUT2D eigenvalue weighted by atomic mass is 35.5. The van der Waals surface area contributed by atoms with Crippen LogP contribution in [0.3, 0.4) is 0 Å². The van der Waals surface area contributed by atoms with Crippen molar-refractivity contribution >= 4 is 93.6 Å². The van der Waals surface area contributed by atoms with E-state index < -0.39 is 57.7 Å².